The second-order valence-electron chi connectivity index (χ2n) is 5.62. The average Bonchev–Trinajstić information content (AvgIpc) is 2.64. The van der Waals surface area contributed by atoms with Gasteiger partial charge in [0.2, 0.25) is 5.91 Å². The summed E-state index contributed by atoms with van der Waals surface area (Å²) in [6.07, 6.45) is 0.0648. The number of benzene rings is 2. The summed E-state index contributed by atoms with van der Waals surface area (Å²) in [5.41, 5.74) is 1.23. The monoisotopic (exact) mass is 315 g/mol. The fourth-order valence-corrected chi connectivity index (χ4v) is 2.71. The third kappa shape index (κ3) is 2.86. The third-order valence-corrected chi connectivity index (χ3v) is 4.00. The number of carbonyl (C=O) groups is 2. The van der Waals surface area contributed by atoms with E-state index in [1.807, 2.05) is 0 Å². The van der Waals surface area contributed by atoms with Crippen LogP contribution in [0.3, 0.4) is 0 Å². The van der Waals surface area contributed by atoms with E-state index in [1.165, 1.54) is 29.2 Å². The van der Waals surface area contributed by atoms with Gasteiger partial charge in [0, 0.05) is 18.4 Å². The standard InChI is InChI=1S/C18H15F2NO2/c1-11-5-6-12(9-15(11)20)10-21-17(23)8-7-16(22)13-3-2-4-14(19)18(13)21/h2-6,9H,7-8,10H2,1H3. The number of hydrogen-bond donors (Lipinski definition) is 0. The molecule has 0 saturated heterocycles. The van der Waals surface area contributed by atoms with E-state index < -0.39 is 5.82 Å². The van der Waals surface area contributed by atoms with Crippen LogP contribution in [0.4, 0.5) is 14.5 Å². The normalized spacial score (nSPS) is 14.7. The fraction of sp³-hybridized carbons (Fsp3) is 0.222. The van der Waals surface area contributed by atoms with Gasteiger partial charge in [-0.2, -0.15) is 0 Å². The molecule has 0 spiro atoms. The molecule has 3 rings (SSSR count). The summed E-state index contributed by atoms with van der Waals surface area (Å²) in [5.74, 6) is -1.61. The lowest BCUT2D eigenvalue weighted by Crippen LogP contribution is -2.30. The van der Waals surface area contributed by atoms with E-state index in [-0.39, 0.29) is 48.1 Å². The summed E-state index contributed by atoms with van der Waals surface area (Å²) < 4.78 is 28.0. The summed E-state index contributed by atoms with van der Waals surface area (Å²) in [5, 5.41) is 0. The van der Waals surface area contributed by atoms with Crippen molar-refractivity contribution in [3.63, 3.8) is 0 Å². The van der Waals surface area contributed by atoms with Crippen molar-refractivity contribution in [1.82, 2.24) is 0 Å². The Bertz CT molecular complexity index is 802. The Labute approximate surface area is 132 Å². The number of nitrogens with zero attached hydrogens (tertiary/aromatic N) is 1. The Kier molecular flexibility index (Phi) is 3.94. The number of para-hydroxylation sites is 1. The second-order valence-corrected chi connectivity index (χ2v) is 5.62. The van der Waals surface area contributed by atoms with Gasteiger partial charge in [-0.3, -0.25) is 9.59 Å². The molecule has 1 amide bonds. The second kappa shape index (κ2) is 5.91. The van der Waals surface area contributed by atoms with Crippen molar-refractivity contribution in [2.75, 3.05) is 4.90 Å². The molecule has 0 atom stereocenters. The predicted octanol–water partition coefficient (Wildman–Crippen LogP) is 3.78. The van der Waals surface area contributed by atoms with Crippen LogP contribution >= 0.6 is 0 Å². The highest BCUT2D eigenvalue weighted by molar-refractivity contribution is 6.10. The lowest BCUT2D eigenvalue weighted by Gasteiger charge is -2.23. The lowest BCUT2D eigenvalue weighted by molar-refractivity contribution is -0.118. The highest BCUT2D eigenvalue weighted by atomic mass is 19.1. The van der Waals surface area contributed by atoms with E-state index in [4.69, 9.17) is 0 Å². The zero-order valence-corrected chi connectivity index (χ0v) is 12.6. The summed E-state index contributed by atoms with van der Waals surface area (Å²) in [7, 11) is 0. The quantitative estimate of drug-likeness (QED) is 0.845. The number of anilines is 1. The summed E-state index contributed by atoms with van der Waals surface area (Å²) in [6, 6.07) is 8.82. The molecular weight excluding hydrogens is 300 g/mol. The van der Waals surface area contributed by atoms with Crippen LogP contribution in [0.5, 0.6) is 0 Å². The highest BCUT2D eigenvalue weighted by Crippen LogP contribution is 2.31. The van der Waals surface area contributed by atoms with Crippen molar-refractivity contribution < 1.29 is 18.4 Å². The van der Waals surface area contributed by atoms with E-state index >= 15 is 0 Å². The number of ketones is 1. The van der Waals surface area contributed by atoms with E-state index in [2.05, 4.69) is 0 Å². The van der Waals surface area contributed by atoms with Crippen LogP contribution in [0, 0.1) is 18.6 Å². The Morgan fingerprint density at radius 3 is 2.57 bits per heavy atom. The largest absolute Gasteiger partial charge is 0.305 e. The molecule has 1 heterocycles. The molecule has 5 heteroatoms. The minimum atomic E-state index is -0.626. The topological polar surface area (TPSA) is 37.4 Å². The van der Waals surface area contributed by atoms with Gasteiger partial charge in [-0.05, 0) is 36.2 Å². The fourth-order valence-electron chi connectivity index (χ4n) is 2.71. The minimum absolute atomic E-state index is 0.0130. The van der Waals surface area contributed by atoms with Gasteiger partial charge in [-0.15, -0.1) is 0 Å². The van der Waals surface area contributed by atoms with Crippen LogP contribution in [0.1, 0.15) is 34.3 Å². The van der Waals surface area contributed by atoms with Crippen molar-refractivity contribution in [1.29, 1.82) is 0 Å². The van der Waals surface area contributed by atoms with Gasteiger partial charge in [0.1, 0.15) is 11.6 Å². The van der Waals surface area contributed by atoms with Gasteiger partial charge in [-0.25, -0.2) is 8.78 Å². The van der Waals surface area contributed by atoms with Gasteiger partial charge in [0.25, 0.3) is 0 Å². The van der Waals surface area contributed by atoms with Gasteiger partial charge in [0.05, 0.1) is 12.2 Å². The SMILES string of the molecule is Cc1ccc(CN2C(=O)CCC(=O)c3cccc(F)c32)cc1F. The smallest absolute Gasteiger partial charge is 0.227 e. The number of rotatable bonds is 2. The molecule has 118 valence electrons. The van der Waals surface area contributed by atoms with Crippen LogP contribution in [-0.4, -0.2) is 11.7 Å². The van der Waals surface area contributed by atoms with Crippen molar-refractivity contribution >= 4 is 17.4 Å². The Morgan fingerprint density at radius 1 is 1.04 bits per heavy atom. The molecule has 2 aromatic carbocycles. The van der Waals surface area contributed by atoms with Crippen LogP contribution in [0.15, 0.2) is 36.4 Å². The molecule has 0 radical (unpaired) electrons. The van der Waals surface area contributed by atoms with Gasteiger partial charge in [0.15, 0.2) is 5.78 Å². The molecule has 0 saturated carbocycles. The third-order valence-electron chi connectivity index (χ3n) is 4.00. The summed E-state index contributed by atoms with van der Waals surface area (Å²) in [4.78, 5) is 25.7. The number of fused-ring (bicyclic) bond motifs is 1. The zero-order valence-electron chi connectivity index (χ0n) is 12.6. The summed E-state index contributed by atoms with van der Waals surface area (Å²) >= 11 is 0. The number of halogens is 2. The zero-order chi connectivity index (χ0) is 16.6. The van der Waals surface area contributed by atoms with E-state index in [9.17, 15) is 18.4 Å². The van der Waals surface area contributed by atoms with Crippen LogP contribution in [0.2, 0.25) is 0 Å². The predicted molar refractivity (Wildman–Crippen MR) is 82.3 cm³/mol. The molecule has 1 aliphatic heterocycles. The van der Waals surface area contributed by atoms with E-state index in [0.717, 1.165) is 0 Å². The van der Waals surface area contributed by atoms with Crippen molar-refractivity contribution in [2.45, 2.75) is 26.3 Å². The first kappa shape index (κ1) is 15.3. The maximum Gasteiger partial charge on any atom is 0.227 e. The molecule has 23 heavy (non-hydrogen) atoms. The van der Waals surface area contributed by atoms with Gasteiger partial charge in [-0.1, -0.05) is 18.2 Å². The number of carbonyl (C=O) groups excluding carboxylic acids is 2. The van der Waals surface area contributed by atoms with Crippen molar-refractivity contribution in [3.05, 3.63) is 64.7 Å². The van der Waals surface area contributed by atoms with E-state index in [0.29, 0.717) is 11.1 Å². The molecule has 0 N–H and O–H groups in total. The molecule has 0 aliphatic carbocycles. The Morgan fingerprint density at radius 2 is 1.83 bits per heavy atom. The molecule has 1 aliphatic rings. The number of Topliss-reactive ketones (excluding diaryl/α,β-unsaturated/α-hetero) is 1. The summed E-state index contributed by atoms with van der Waals surface area (Å²) in [6.45, 7) is 1.67. The van der Waals surface area contributed by atoms with Crippen LogP contribution < -0.4 is 4.90 Å². The van der Waals surface area contributed by atoms with Gasteiger partial charge < -0.3 is 4.90 Å². The average molecular weight is 315 g/mol. The first-order valence-corrected chi connectivity index (χ1v) is 7.34. The number of amides is 1. The first-order chi connectivity index (χ1) is 11.0. The van der Waals surface area contributed by atoms with Crippen LogP contribution in [0.25, 0.3) is 0 Å². The van der Waals surface area contributed by atoms with Crippen molar-refractivity contribution in [2.24, 2.45) is 0 Å². The maximum absolute atomic E-state index is 14.3. The van der Waals surface area contributed by atoms with Crippen molar-refractivity contribution in [3.8, 4) is 0 Å². The molecule has 0 aromatic heterocycles. The van der Waals surface area contributed by atoms with Crippen LogP contribution in [-0.2, 0) is 11.3 Å². The maximum atomic E-state index is 14.3. The molecule has 2 aromatic rings. The lowest BCUT2D eigenvalue weighted by atomic mass is 10.1. The van der Waals surface area contributed by atoms with Gasteiger partial charge >= 0.3 is 0 Å². The Balaban J connectivity index is 2.06. The molecule has 0 unspecified atom stereocenters. The highest BCUT2D eigenvalue weighted by Gasteiger charge is 2.29. The Hall–Kier alpha value is -2.56. The first-order valence-electron chi connectivity index (χ1n) is 7.34. The number of aryl methyl sites for hydroxylation is 1. The minimum Gasteiger partial charge on any atom is -0.305 e. The van der Waals surface area contributed by atoms with E-state index in [1.54, 1.807) is 19.1 Å². The molecule has 0 bridgehead atoms. The number of hydrogen-bond acceptors (Lipinski definition) is 2. The molecule has 0 fully saturated rings. The molecule has 3 nitrogen and oxygen atoms in total. The molecular formula is C18H15F2NO2.